The number of aromatic nitrogens is 4. The van der Waals surface area contributed by atoms with Gasteiger partial charge in [-0.05, 0) is 57.0 Å². The van der Waals surface area contributed by atoms with Crippen molar-refractivity contribution in [1.82, 2.24) is 24.9 Å². The number of likely N-dealkylation sites (tertiary alicyclic amines) is 1. The monoisotopic (exact) mass is 394 g/mol. The first-order chi connectivity index (χ1) is 14.2. The Morgan fingerprint density at radius 2 is 2.10 bits per heavy atom. The third-order valence-electron chi connectivity index (χ3n) is 5.36. The molecule has 0 radical (unpaired) electrons. The maximum atomic E-state index is 13.0. The van der Waals surface area contributed by atoms with E-state index in [0.29, 0.717) is 31.9 Å². The molecule has 0 saturated carbocycles. The van der Waals surface area contributed by atoms with E-state index in [0.717, 1.165) is 41.5 Å². The highest BCUT2D eigenvalue weighted by atomic mass is 16.5. The zero-order valence-corrected chi connectivity index (χ0v) is 16.6. The molecule has 2 aromatic heterocycles. The standard InChI is InChI=1S/C21H26N6O2/c1-15-20(21(28)26-11-7-18(8-12-26)29-13-3-9-22)24-25-27(15)17-5-6-19-16(14-17)4-2-10-23-19/h2,4-6,10,14,18H,3,7-9,11-13,22H2,1H3. The Kier molecular flexibility index (Phi) is 5.82. The van der Waals surface area contributed by atoms with Gasteiger partial charge in [0.05, 0.1) is 23.0 Å². The van der Waals surface area contributed by atoms with Crippen LogP contribution in [0.15, 0.2) is 36.5 Å². The molecule has 1 fully saturated rings. The fourth-order valence-electron chi connectivity index (χ4n) is 3.68. The minimum absolute atomic E-state index is 0.0726. The lowest BCUT2D eigenvalue weighted by molar-refractivity contribution is 0.00827. The van der Waals surface area contributed by atoms with Crippen molar-refractivity contribution in [2.24, 2.45) is 5.73 Å². The highest BCUT2D eigenvalue weighted by molar-refractivity contribution is 5.93. The number of benzene rings is 1. The summed E-state index contributed by atoms with van der Waals surface area (Å²) in [5.74, 6) is -0.0726. The maximum Gasteiger partial charge on any atom is 0.276 e. The number of hydrogen-bond acceptors (Lipinski definition) is 6. The second-order valence-corrected chi connectivity index (χ2v) is 7.32. The molecule has 8 nitrogen and oxygen atoms in total. The molecule has 1 saturated heterocycles. The largest absolute Gasteiger partial charge is 0.378 e. The van der Waals surface area contributed by atoms with Gasteiger partial charge in [0.25, 0.3) is 5.91 Å². The molecule has 29 heavy (non-hydrogen) atoms. The van der Waals surface area contributed by atoms with E-state index < -0.39 is 0 Å². The van der Waals surface area contributed by atoms with Crippen molar-refractivity contribution < 1.29 is 9.53 Å². The van der Waals surface area contributed by atoms with Crippen LogP contribution >= 0.6 is 0 Å². The summed E-state index contributed by atoms with van der Waals surface area (Å²) in [4.78, 5) is 19.2. The Morgan fingerprint density at radius 1 is 1.28 bits per heavy atom. The zero-order valence-electron chi connectivity index (χ0n) is 16.6. The van der Waals surface area contributed by atoms with Crippen LogP contribution < -0.4 is 5.73 Å². The van der Waals surface area contributed by atoms with Crippen LogP contribution in [0.25, 0.3) is 16.6 Å². The quantitative estimate of drug-likeness (QED) is 0.643. The normalized spacial score (nSPS) is 15.2. The highest BCUT2D eigenvalue weighted by Crippen LogP contribution is 2.21. The van der Waals surface area contributed by atoms with Crippen molar-refractivity contribution >= 4 is 16.8 Å². The molecule has 8 heteroatoms. The van der Waals surface area contributed by atoms with Crippen LogP contribution in [0.1, 0.15) is 35.4 Å². The Bertz CT molecular complexity index is 994. The van der Waals surface area contributed by atoms with Gasteiger partial charge < -0.3 is 15.4 Å². The number of pyridine rings is 1. The van der Waals surface area contributed by atoms with Gasteiger partial charge in [0.15, 0.2) is 5.69 Å². The van der Waals surface area contributed by atoms with Crippen LogP contribution in [-0.2, 0) is 4.74 Å². The minimum atomic E-state index is -0.0726. The number of ether oxygens (including phenoxy) is 1. The fourth-order valence-corrected chi connectivity index (χ4v) is 3.68. The molecular formula is C21H26N6O2. The van der Waals surface area contributed by atoms with Crippen molar-refractivity contribution in [2.45, 2.75) is 32.3 Å². The van der Waals surface area contributed by atoms with Gasteiger partial charge in [0, 0.05) is 31.3 Å². The van der Waals surface area contributed by atoms with Gasteiger partial charge in [-0.1, -0.05) is 11.3 Å². The second kappa shape index (κ2) is 8.67. The summed E-state index contributed by atoms with van der Waals surface area (Å²) in [6.45, 7) is 4.54. The third kappa shape index (κ3) is 4.13. The molecule has 0 aliphatic carbocycles. The van der Waals surface area contributed by atoms with E-state index in [2.05, 4.69) is 15.3 Å². The van der Waals surface area contributed by atoms with E-state index in [-0.39, 0.29) is 12.0 Å². The van der Waals surface area contributed by atoms with E-state index in [1.165, 1.54) is 0 Å². The summed E-state index contributed by atoms with van der Waals surface area (Å²) < 4.78 is 7.53. The summed E-state index contributed by atoms with van der Waals surface area (Å²) in [5, 5.41) is 9.44. The first-order valence-corrected chi connectivity index (χ1v) is 10.1. The number of rotatable bonds is 6. The number of carbonyl (C=O) groups is 1. The van der Waals surface area contributed by atoms with Gasteiger partial charge in [-0.25, -0.2) is 4.68 Å². The molecule has 4 rings (SSSR count). The predicted molar refractivity (Wildman–Crippen MR) is 110 cm³/mol. The Morgan fingerprint density at radius 3 is 2.90 bits per heavy atom. The highest BCUT2D eigenvalue weighted by Gasteiger charge is 2.27. The van der Waals surface area contributed by atoms with Crippen molar-refractivity contribution in [1.29, 1.82) is 0 Å². The smallest absolute Gasteiger partial charge is 0.276 e. The molecule has 1 aliphatic heterocycles. The van der Waals surface area contributed by atoms with E-state index in [9.17, 15) is 4.79 Å². The molecule has 3 aromatic rings. The molecular weight excluding hydrogens is 368 g/mol. The molecule has 0 unspecified atom stereocenters. The van der Waals surface area contributed by atoms with E-state index in [1.807, 2.05) is 42.2 Å². The van der Waals surface area contributed by atoms with Gasteiger partial charge in [0.1, 0.15) is 0 Å². The van der Waals surface area contributed by atoms with Crippen LogP contribution in [0.5, 0.6) is 0 Å². The number of fused-ring (bicyclic) bond motifs is 1. The van der Waals surface area contributed by atoms with Crippen molar-refractivity contribution in [3.05, 3.63) is 47.9 Å². The number of nitrogens with zero attached hydrogens (tertiary/aromatic N) is 5. The summed E-state index contributed by atoms with van der Waals surface area (Å²) in [7, 11) is 0. The maximum absolute atomic E-state index is 13.0. The number of carbonyl (C=O) groups excluding carboxylic acids is 1. The van der Waals surface area contributed by atoms with Crippen molar-refractivity contribution in [3.8, 4) is 5.69 Å². The van der Waals surface area contributed by atoms with Crippen LogP contribution in [0, 0.1) is 6.92 Å². The van der Waals surface area contributed by atoms with Gasteiger partial charge in [0.2, 0.25) is 0 Å². The lowest BCUT2D eigenvalue weighted by Gasteiger charge is -2.31. The predicted octanol–water partition coefficient (Wildman–Crippen LogP) is 2.09. The summed E-state index contributed by atoms with van der Waals surface area (Å²) in [6, 6.07) is 9.79. The number of amides is 1. The van der Waals surface area contributed by atoms with Crippen LogP contribution in [0.4, 0.5) is 0 Å². The van der Waals surface area contributed by atoms with Crippen LogP contribution in [0.2, 0.25) is 0 Å². The van der Waals surface area contributed by atoms with Crippen molar-refractivity contribution in [3.63, 3.8) is 0 Å². The van der Waals surface area contributed by atoms with E-state index >= 15 is 0 Å². The minimum Gasteiger partial charge on any atom is -0.378 e. The molecule has 1 amide bonds. The summed E-state index contributed by atoms with van der Waals surface area (Å²) in [6.07, 6.45) is 4.51. The fraction of sp³-hybridized carbons (Fsp3) is 0.429. The average Bonchev–Trinajstić information content (AvgIpc) is 3.15. The first kappa shape index (κ1) is 19.5. The molecule has 0 atom stereocenters. The lowest BCUT2D eigenvalue weighted by Crippen LogP contribution is -2.41. The van der Waals surface area contributed by atoms with Gasteiger partial charge in [-0.2, -0.15) is 0 Å². The molecule has 3 heterocycles. The Labute approximate surface area is 169 Å². The number of piperidine rings is 1. The number of hydrogen-bond donors (Lipinski definition) is 1. The topological polar surface area (TPSA) is 99.2 Å². The Balaban J connectivity index is 1.46. The average molecular weight is 394 g/mol. The molecule has 1 aromatic carbocycles. The molecule has 0 bridgehead atoms. The van der Waals surface area contributed by atoms with E-state index in [1.54, 1.807) is 10.9 Å². The van der Waals surface area contributed by atoms with Crippen molar-refractivity contribution in [2.75, 3.05) is 26.2 Å². The molecule has 152 valence electrons. The summed E-state index contributed by atoms with van der Waals surface area (Å²) in [5.41, 5.74) is 8.42. The lowest BCUT2D eigenvalue weighted by atomic mass is 10.1. The first-order valence-electron chi connectivity index (χ1n) is 10.1. The van der Waals surface area contributed by atoms with Crippen LogP contribution in [-0.4, -0.2) is 63.1 Å². The second-order valence-electron chi connectivity index (χ2n) is 7.32. The molecule has 2 N–H and O–H groups in total. The third-order valence-corrected chi connectivity index (χ3v) is 5.36. The number of nitrogens with two attached hydrogens (primary N) is 1. The van der Waals surface area contributed by atoms with E-state index in [4.69, 9.17) is 10.5 Å². The zero-order chi connectivity index (χ0) is 20.2. The van der Waals surface area contributed by atoms with Crippen LogP contribution in [0.3, 0.4) is 0 Å². The SMILES string of the molecule is Cc1c(C(=O)N2CCC(OCCCN)CC2)nnn1-c1ccc2ncccc2c1. The Hall–Kier alpha value is -2.84. The van der Waals surface area contributed by atoms with Gasteiger partial charge in [-0.3, -0.25) is 9.78 Å². The molecule has 0 spiro atoms. The summed E-state index contributed by atoms with van der Waals surface area (Å²) >= 11 is 0. The molecule has 1 aliphatic rings. The van der Waals surface area contributed by atoms with Gasteiger partial charge >= 0.3 is 0 Å². The van der Waals surface area contributed by atoms with Gasteiger partial charge in [-0.15, -0.1) is 5.10 Å².